The monoisotopic (exact) mass is 455 g/mol. The van der Waals surface area contributed by atoms with E-state index in [0.29, 0.717) is 23.2 Å². The quantitative estimate of drug-likeness (QED) is 0.350. The van der Waals surface area contributed by atoms with Gasteiger partial charge < -0.3 is 19.8 Å². The van der Waals surface area contributed by atoms with Gasteiger partial charge in [-0.2, -0.15) is 0 Å². The molecule has 3 heterocycles. The third-order valence-corrected chi connectivity index (χ3v) is 5.73. The van der Waals surface area contributed by atoms with Crippen molar-refractivity contribution in [2.75, 3.05) is 12.4 Å². The number of ether oxygens (including phenoxy) is 1. The number of H-pyrrole nitrogens is 1. The number of carbonyl (C=O) groups excluding carboxylic acids is 2. The van der Waals surface area contributed by atoms with Crippen molar-refractivity contribution in [3.8, 4) is 0 Å². The average Bonchev–Trinajstić information content (AvgIpc) is 3.44. The second-order valence-electron chi connectivity index (χ2n) is 6.83. The Bertz CT molecular complexity index is 1180. The number of hydrogen-bond donors (Lipinski definition) is 3. The van der Waals surface area contributed by atoms with Crippen LogP contribution in [0, 0.1) is 0 Å². The molecule has 0 radical (unpaired) electrons. The van der Waals surface area contributed by atoms with Crippen molar-refractivity contribution in [1.29, 1.82) is 0 Å². The first-order chi connectivity index (χ1) is 15.6. The number of benzene rings is 1. The van der Waals surface area contributed by atoms with Crippen molar-refractivity contribution < 1.29 is 18.7 Å². The van der Waals surface area contributed by atoms with Crippen molar-refractivity contribution in [3.63, 3.8) is 0 Å². The van der Waals surface area contributed by atoms with Crippen LogP contribution in [0.4, 0.5) is 4.79 Å². The topological polar surface area (TPSA) is 131 Å². The molecule has 0 saturated carbocycles. The predicted molar refractivity (Wildman–Crippen MR) is 116 cm³/mol. The smallest absolute Gasteiger partial charge is 0.344 e. The summed E-state index contributed by atoms with van der Waals surface area (Å²) in [7, 11) is 0. The maximum absolute atomic E-state index is 12.7. The van der Waals surface area contributed by atoms with Crippen LogP contribution in [0.2, 0.25) is 0 Å². The highest BCUT2D eigenvalue weighted by Crippen LogP contribution is 2.30. The second-order valence-corrected chi connectivity index (χ2v) is 7.77. The fourth-order valence-electron chi connectivity index (χ4n) is 3.31. The summed E-state index contributed by atoms with van der Waals surface area (Å²) in [4.78, 5) is 37.3. The summed E-state index contributed by atoms with van der Waals surface area (Å²) in [6, 6.07) is 11.6. The van der Waals surface area contributed by atoms with Crippen LogP contribution in [-0.2, 0) is 16.1 Å². The molecule has 1 unspecified atom stereocenters. The number of urea groups is 1. The zero-order chi connectivity index (χ0) is 22.5. The molecule has 2 amide bonds. The van der Waals surface area contributed by atoms with E-state index in [0.717, 1.165) is 5.56 Å². The minimum absolute atomic E-state index is 0.178. The van der Waals surface area contributed by atoms with Crippen LogP contribution in [-0.4, -0.2) is 39.1 Å². The largest absolute Gasteiger partial charge is 0.467 e. The lowest BCUT2D eigenvalue weighted by atomic mass is 10.0. The number of aromatic nitrogens is 3. The van der Waals surface area contributed by atoms with Gasteiger partial charge in [-0.15, -0.1) is 5.10 Å². The maximum Gasteiger partial charge on any atom is 0.344 e. The van der Waals surface area contributed by atoms with E-state index in [1.165, 1.54) is 22.6 Å². The Morgan fingerprint density at radius 2 is 2.03 bits per heavy atom. The summed E-state index contributed by atoms with van der Waals surface area (Å²) >= 11 is 1.22. The molecule has 11 heteroatoms. The summed E-state index contributed by atoms with van der Waals surface area (Å²) in [6.07, 6.45) is 1.47. The number of nitrogens with one attached hydrogen (secondary N) is 3. The highest BCUT2D eigenvalue weighted by Gasteiger charge is 2.35. The number of furan rings is 1. The van der Waals surface area contributed by atoms with Gasteiger partial charge in [0.05, 0.1) is 25.0 Å². The lowest BCUT2D eigenvalue weighted by molar-refractivity contribution is -0.139. The van der Waals surface area contributed by atoms with Gasteiger partial charge in [-0.1, -0.05) is 42.1 Å². The molecule has 4 rings (SSSR count). The van der Waals surface area contributed by atoms with Crippen LogP contribution in [0.3, 0.4) is 0 Å². The predicted octanol–water partition coefficient (Wildman–Crippen LogP) is 2.18. The van der Waals surface area contributed by atoms with Gasteiger partial charge in [-0.3, -0.25) is 4.57 Å². The fraction of sp³-hybridized carbons (Fsp3) is 0.238. The van der Waals surface area contributed by atoms with Crippen LogP contribution in [0.25, 0.3) is 0 Å². The molecule has 0 spiro atoms. The van der Waals surface area contributed by atoms with Gasteiger partial charge in [0, 0.05) is 11.4 Å². The molecule has 166 valence electrons. The number of aromatic amines is 1. The van der Waals surface area contributed by atoms with Crippen LogP contribution < -0.4 is 16.3 Å². The van der Waals surface area contributed by atoms with E-state index in [1.54, 1.807) is 19.1 Å². The molecule has 0 aliphatic carbocycles. The average molecular weight is 455 g/mol. The van der Waals surface area contributed by atoms with Gasteiger partial charge in [-0.25, -0.2) is 19.5 Å². The molecule has 1 aliphatic heterocycles. The molecule has 3 N–H and O–H groups in total. The van der Waals surface area contributed by atoms with E-state index < -0.39 is 18.0 Å². The minimum Gasteiger partial charge on any atom is -0.467 e. The number of esters is 1. The third-order valence-electron chi connectivity index (χ3n) is 4.73. The first-order valence-corrected chi connectivity index (χ1v) is 10.9. The SMILES string of the molecule is CCOC(=O)C1=C(CSc2n[nH]c(=O)n2Cc2ccccc2)NC(=O)NC1c1ccco1. The Kier molecular flexibility index (Phi) is 6.45. The van der Waals surface area contributed by atoms with Gasteiger partial charge in [0.1, 0.15) is 11.8 Å². The maximum atomic E-state index is 12.7. The summed E-state index contributed by atoms with van der Waals surface area (Å²) < 4.78 is 12.1. The standard InChI is InChI=1S/C21H21N5O5S/c1-2-30-18(27)16-14(22-19(28)23-17(16)15-9-6-10-31-15)12-32-21-25-24-20(29)26(21)11-13-7-4-3-5-8-13/h3-10,17H,2,11-12H2,1H3,(H,24,29)(H2,22,23,28). The van der Waals surface area contributed by atoms with E-state index in [1.807, 2.05) is 30.3 Å². The minimum atomic E-state index is -0.793. The van der Waals surface area contributed by atoms with E-state index >= 15 is 0 Å². The zero-order valence-corrected chi connectivity index (χ0v) is 18.0. The molecule has 1 atom stereocenters. The van der Waals surface area contributed by atoms with Crippen LogP contribution in [0.1, 0.15) is 24.3 Å². The Labute approximate surface area is 187 Å². The first kappa shape index (κ1) is 21.5. The molecule has 3 aromatic rings. The lowest BCUT2D eigenvalue weighted by Gasteiger charge is -2.27. The van der Waals surface area contributed by atoms with E-state index in [2.05, 4.69) is 20.8 Å². The zero-order valence-electron chi connectivity index (χ0n) is 17.2. The van der Waals surface area contributed by atoms with E-state index in [-0.39, 0.29) is 23.6 Å². The van der Waals surface area contributed by atoms with Crippen molar-refractivity contribution in [2.45, 2.75) is 24.7 Å². The summed E-state index contributed by atoms with van der Waals surface area (Å²) in [6.45, 7) is 2.22. The van der Waals surface area contributed by atoms with Gasteiger partial charge in [0.2, 0.25) is 0 Å². The van der Waals surface area contributed by atoms with Crippen LogP contribution in [0.5, 0.6) is 0 Å². The molecule has 1 aliphatic rings. The van der Waals surface area contributed by atoms with Crippen LogP contribution in [0.15, 0.2) is 74.4 Å². The molecule has 1 aromatic carbocycles. The first-order valence-electron chi connectivity index (χ1n) is 9.89. The highest BCUT2D eigenvalue weighted by atomic mass is 32.2. The van der Waals surface area contributed by atoms with Crippen molar-refractivity contribution in [2.24, 2.45) is 0 Å². The Hall–Kier alpha value is -3.73. The number of nitrogens with zero attached hydrogens (tertiary/aromatic N) is 2. The highest BCUT2D eigenvalue weighted by molar-refractivity contribution is 7.99. The van der Waals surface area contributed by atoms with E-state index in [4.69, 9.17) is 9.15 Å². The normalized spacial score (nSPS) is 15.9. The molecular weight excluding hydrogens is 434 g/mol. The van der Waals surface area contributed by atoms with Crippen molar-refractivity contribution >= 4 is 23.8 Å². The van der Waals surface area contributed by atoms with Gasteiger partial charge in [0.15, 0.2) is 5.16 Å². The summed E-state index contributed by atoms with van der Waals surface area (Å²) in [5.74, 6) is 0.0181. The Balaban J connectivity index is 1.63. The van der Waals surface area contributed by atoms with E-state index in [9.17, 15) is 14.4 Å². The van der Waals surface area contributed by atoms with Crippen molar-refractivity contribution in [1.82, 2.24) is 25.4 Å². The Morgan fingerprint density at radius 3 is 2.75 bits per heavy atom. The summed E-state index contributed by atoms with van der Waals surface area (Å²) in [5.41, 5.74) is 1.19. The van der Waals surface area contributed by atoms with Crippen LogP contribution >= 0.6 is 11.8 Å². The molecule has 10 nitrogen and oxygen atoms in total. The fourth-order valence-corrected chi connectivity index (χ4v) is 4.22. The molecule has 0 fully saturated rings. The Morgan fingerprint density at radius 1 is 1.22 bits per heavy atom. The van der Waals surface area contributed by atoms with Gasteiger partial charge >= 0.3 is 17.7 Å². The third kappa shape index (κ3) is 4.62. The molecule has 32 heavy (non-hydrogen) atoms. The number of rotatable bonds is 8. The number of carbonyl (C=O) groups is 2. The molecule has 0 bridgehead atoms. The molecule has 0 saturated heterocycles. The van der Waals surface area contributed by atoms with Gasteiger partial charge in [-0.05, 0) is 24.6 Å². The summed E-state index contributed by atoms with van der Waals surface area (Å²) in [5, 5.41) is 12.4. The second kappa shape index (κ2) is 9.60. The molecule has 2 aromatic heterocycles. The number of amides is 2. The number of thioether (sulfide) groups is 1. The lowest BCUT2D eigenvalue weighted by Crippen LogP contribution is -2.46. The van der Waals surface area contributed by atoms with Gasteiger partial charge in [0.25, 0.3) is 0 Å². The van der Waals surface area contributed by atoms with Crippen molar-refractivity contribution in [3.05, 3.63) is 81.8 Å². The number of hydrogen-bond acceptors (Lipinski definition) is 7. The molecular formula is C21H21N5O5S.